The molecule has 10 heavy (non-hydrogen) atoms. The maximum Gasteiger partial charge on any atom is 0.139 e. The summed E-state index contributed by atoms with van der Waals surface area (Å²) in [5.74, 6) is 3.67. The molecule has 4 saturated carbocycles. The fourth-order valence-electron chi connectivity index (χ4n) is 4.15. The molecule has 1 spiro atoms. The highest BCUT2D eigenvalue weighted by Crippen LogP contribution is 2.84. The number of carbonyl (C=O) groups is 1. The Labute approximate surface area is 59.8 Å². The Morgan fingerprint density at radius 3 is 3.00 bits per heavy atom. The van der Waals surface area contributed by atoms with Crippen molar-refractivity contribution in [3.8, 4) is 0 Å². The van der Waals surface area contributed by atoms with Gasteiger partial charge >= 0.3 is 0 Å². The Bertz CT molecular complexity index is 257. The van der Waals surface area contributed by atoms with E-state index < -0.39 is 0 Å². The molecule has 0 bridgehead atoms. The molecule has 0 aromatic heterocycles. The normalized spacial score (nSPS) is 73.4. The van der Waals surface area contributed by atoms with Gasteiger partial charge in [-0.05, 0) is 36.5 Å². The Hall–Kier alpha value is -0.330. The van der Waals surface area contributed by atoms with E-state index in [9.17, 15) is 4.79 Å². The highest BCUT2D eigenvalue weighted by atomic mass is 16.1. The lowest BCUT2D eigenvalue weighted by molar-refractivity contribution is -0.160. The number of rotatable bonds is 0. The molecule has 0 radical (unpaired) electrons. The molecule has 1 heteroatoms. The van der Waals surface area contributed by atoms with Crippen molar-refractivity contribution in [1.82, 2.24) is 0 Å². The standard InChI is InChI=1S/C9H10O/c10-8-5-1-4-2-9(4)3-6(8)7(5)9/h4-7H,1-3H2/t4?,5?,6?,7-,9?/m0/s1. The summed E-state index contributed by atoms with van der Waals surface area (Å²) in [6, 6.07) is 0. The highest BCUT2D eigenvalue weighted by molar-refractivity contribution is 5.93. The molecule has 0 aromatic rings. The lowest BCUT2D eigenvalue weighted by Gasteiger charge is -2.54. The van der Waals surface area contributed by atoms with E-state index in [0.717, 1.165) is 17.3 Å². The third kappa shape index (κ3) is 0.217. The van der Waals surface area contributed by atoms with Gasteiger partial charge < -0.3 is 0 Å². The summed E-state index contributed by atoms with van der Waals surface area (Å²) in [5, 5.41) is 0. The van der Waals surface area contributed by atoms with E-state index in [1.54, 1.807) is 0 Å². The maximum atomic E-state index is 11.2. The van der Waals surface area contributed by atoms with Gasteiger partial charge in [-0.2, -0.15) is 0 Å². The van der Waals surface area contributed by atoms with Gasteiger partial charge in [-0.15, -0.1) is 0 Å². The molecule has 4 aliphatic carbocycles. The summed E-state index contributed by atoms with van der Waals surface area (Å²) < 4.78 is 0. The summed E-state index contributed by atoms with van der Waals surface area (Å²) >= 11 is 0. The lowest BCUT2D eigenvalue weighted by Crippen LogP contribution is -2.57. The molecule has 0 aliphatic heterocycles. The minimum absolute atomic E-state index is 0.567. The van der Waals surface area contributed by atoms with Crippen molar-refractivity contribution in [2.45, 2.75) is 19.3 Å². The third-order valence-corrected chi connectivity index (χ3v) is 4.68. The van der Waals surface area contributed by atoms with Crippen molar-refractivity contribution >= 4 is 5.78 Å². The zero-order chi connectivity index (χ0) is 6.51. The fourth-order valence-corrected chi connectivity index (χ4v) is 4.15. The van der Waals surface area contributed by atoms with E-state index in [1.165, 1.54) is 19.3 Å². The number of carbonyl (C=O) groups excluding carboxylic acids is 1. The smallest absolute Gasteiger partial charge is 0.139 e. The van der Waals surface area contributed by atoms with Gasteiger partial charge in [0.15, 0.2) is 0 Å². The second-order valence-electron chi connectivity index (χ2n) is 4.72. The monoisotopic (exact) mass is 134 g/mol. The SMILES string of the molecule is O=C1C2CC3CC34CC1[C@H]24. The number of ketones is 1. The minimum atomic E-state index is 0.567. The minimum Gasteiger partial charge on any atom is -0.299 e. The quantitative estimate of drug-likeness (QED) is 0.487. The number of hydrogen-bond donors (Lipinski definition) is 0. The summed E-state index contributed by atoms with van der Waals surface area (Å²) in [7, 11) is 0. The molecular formula is C9H10O. The van der Waals surface area contributed by atoms with Crippen LogP contribution in [0.2, 0.25) is 0 Å². The molecule has 0 saturated heterocycles. The zero-order valence-corrected chi connectivity index (χ0v) is 5.84. The average molecular weight is 134 g/mol. The second kappa shape index (κ2) is 0.910. The highest BCUT2D eigenvalue weighted by Gasteiger charge is 2.81. The average Bonchev–Trinajstić information content (AvgIpc) is 2.54. The summed E-state index contributed by atoms with van der Waals surface area (Å²) in [4.78, 5) is 11.2. The Balaban J connectivity index is 1.90. The van der Waals surface area contributed by atoms with Gasteiger partial charge in [-0.3, -0.25) is 4.79 Å². The van der Waals surface area contributed by atoms with Crippen LogP contribution in [-0.4, -0.2) is 5.78 Å². The van der Waals surface area contributed by atoms with Gasteiger partial charge in [0, 0.05) is 11.8 Å². The summed E-state index contributed by atoms with van der Waals surface area (Å²) in [6.45, 7) is 0. The molecule has 1 nitrogen and oxygen atoms in total. The van der Waals surface area contributed by atoms with Gasteiger partial charge in [0.1, 0.15) is 5.78 Å². The Kier molecular flexibility index (Phi) is 0.412. The zero-order valence-electron chi connectivity index (χ0n) is 5.84. The van der Waals surface area contributed by atoms with Crippen LogP contribution in [0, 0.1) is 29.1 Å². The molecule has 4 unspecified atom stereocenters. The van der Waals surface area contributed by atoms with Gasteiger partial charge in [0.25, 0.3) is 0 Å². The van der Waals surface area contributed by atoms with E-state index >= 15 is 0 Å². The molecule has 5 atom stereocenters. The van der Waals surface area contributed by atoms with Crippen LogP contribution in [0.25, 0.3) is 0 Å². The first-order chi connectivity index (χ1) is 4.83. The van der Waals surface area contributed by atoms with Gasteiger partial charge in [-0.25, -0.2) is 0 Å². The van der Waals surface area contributed by atoms with Crippen LogP contribution in [0.3, 0.4) is 0 Å². The van der Waals surface area contributed by atoms with E-state index in [2.05, 4.69) is 0 Å². The lowest BCUT2D eigenvalue weighted by atomic mass is 9.48. The van der Waals surface area contributed by atoms with Crippen LogP contribution in [0.15, 0.2) is 0 Å². The topological polar surface area (TPSA) is 17.1 Å². The summed E-state index contributed by atoms with van der Waals surface area (Å²) in [5.41, 5.74) is 0.781. The first-order valence-electron chi connectivity index (χ1n) is 4.37. The number of Topliss-reactive ketones (excluding diaryl/α,β-unsaturated/α-hetero) is 1. The molecule has 4 aliphatic rings. The van der Waals surface area contributed by atoms with Gasteiger partial charge in [0.2, 0.25) is 0 Å². The van der Waals surface area contributed by atoms with Gasteiger partial charge in [0.05, 0.1) is 0 Å². The van der Waals surface area contributed by atoms with E-state index in [1.807, 2.05) is 0 Å². The first kappa shape index (κ1) is 4.53. The molecule has 4 rings (SSSR count). The van der Waals surface area contributed by atoms with Gasteiger partial charge in [-0.1, -0.05) is 0 Å². The molecule has 0 aromatic carbocycles. The largest absolute Gasteiger partial charge is 0.299 e. The predicted molar refractivity (Wildman–Crippen MR) is 35.3 cm³/mol. The van der Waals surface area contributed by atoms with Crippen LogP contribution in [0.5, 0.6) is 0 Å². The molecule has 0 amide bonds. The van der Waals surface area contributed by atoms with Crippen molar-refractivity contribution < 1.29 is 4.79 Å². The van der Waals surface area contributed by atoms with Crippen molar-refractivity contribution in [3.63, 3.8) is 0 Å². The number of hydrogen-bond acceptors (Lipinski definition) is 1. The Morgan fingerprint density at radius 2 is 2.20 bits per heavy atom. The maximum absolute atomic E-state index is 11.2. The molecule has 0 heterocycles. The van der Waals surface area contributed by atoms with Crippen LogP contribution in [-0.2, 0) is 4.79 Å². The molecule has 52 valence electrons. The first-order valence-corrected chi connectivity index (χ1v) is 4.37. The third-order valence-electron chi connectivity index (χ3n) is 4.68. The summed E-state index contributed by atoms with van der Waals surface area (Å²) in [6.07, 6.45) is 4.05. The van der Waals surface area contributed by atoms with Crippen LogP contribution >= 0.6 is 0 Å². The Morgan fingerprint density at radius 1 is 1.30 bits per heavy atom. The van der Waals surface area contributed by atoms with E-state index in [4.69, 9.17) is 0 Å². The van der Waals surface area contributed by atoms with Crippen molar-refractivity contribution in [2.75, 3.05) is 0 Å². The van der Waals surface area contributed by atoms with E-state index in [0.29, 0.717) is 17.6 Å². The van der Waals surface area contributed by atoms with E-state index in [-0.39, 0.29) is 0 Å². The van der Waals surface area contributed by atoms with Crippen molar-refractivity contribution in [3.05, 3.63) is 0 Å². The van der Waals surface area contributed by atoms with Crippen LogP contribution < -0.4 is 0 Å². The molecular weight excluding hydrogens is 124 g/mol. The van der Waals surface area contributed by atoms with Crippen LogP contribution in [0.1, 0.15) is 19.3 Å². The predicted octanol–water partition coefficient (Wildman–Crippen LogP) is 1.23. The fraction of sp³-hybridized carbons (Fsp3) is 0.889. The van der Waals surface area contributed by atoms with Crippen LogP contribution in [0.4, 0.5) is 0 Å². The molecule has 4 fully saturated rings. The second-order valence-corrected chi connectivity index (χ2v) is 4.72. The van der Waals surface area contributed by atoms with Crippen molar-refractivity contribution in [2.24, 2.45) is 29.1 Å². The molecule has 0 N–H and O–H groups in total. The van der Waals surface area contributed by atoms with Crippen molar-refractivity contribution in [1.29, 1.82) is 0 Å².